The Morgan fingerprint density at radius 2 is 1.41 bits per heavy atom. The molecule has 0 saturated heterocycles. The molecule has 0 aromatic heterocycles. The summed E-state index contributed by atoms with van der Waals surface area (Å²) in [6, 6.07) is -1.64. The summed E-state index contributed by atoms with van der Waals surface area (Å²) in [5.74, 6) is -0.414. The number of carbonyl (C=O) groups excluding carboxylic acids is 4. The lowest BCUT2D eigenvalue weighted by Gasteiger charge is -2.45. The highest BCUT2D eigenvalue weighted by atomic mass is 28.3. The van der Waals surface area contributed by atoms with Crippen LogP contribution in [-0.4, -0.2) is 62.7 Å². The summed E-state index contributed by atoms with van der Waals surface area (Å²) in [7, 11) is -2.13. The van der Waals surface area contributed by atoms with Crippen LogP contribution in [0, 0.1) is 11.8 Å². The summed E-state index contributed by atoms with van der Waals surface area (Å²) in [6.45, 7) is 20.0. The summed E-state index contributed by atoms with van der Waals surface area (Å²) >= 11 is 0. The molecule has 5 N–H and O–H groups in total. The number of amides is 1. The minimum absolute atomic E-state index is 0.0138. The van der Waals surface area contributed by atoms with Gasteiger partial charge in [0.15, 0.2) is 11.6 Å². The zero-order valence-electron chi connectivity index (χ0n) is 21.7. The predicted molar refractivity (Wildman–Crippen MR) is 132 cm³/mol. The van der Waals surface area contributed by atoms with Crippen molar-refractivity contribution in [1.29, 1.82) is 0 Å². The van der Waals surface area contributed by atoms with Gasteiger partial charge in [0.05, 0.1) is 31.2 Å². The molecule has 0 rings (SSSR count). The van der Waals surface area contributed by atoms with Gasteiger partial charge >= 0.3 is 0 Å². The fourth-order valence-corrected chi connectivity index (χ4v) is 6.44. The molecule has 9 heteroatoms. The van der Waals surface area contributed by atoms with Crippen molar-refractivity contribution in [1.82, 2.24) is 15.6 Å². The number of nitrogens with two attached hydrogens (primary N) is 1. The van der Waals surface area contributed by atoms with Gasteiger partial charge in [-0.2, -0.15) is 0 Å². The van der Waals surface area contributed by atoms with Crippen LogP contribution in [0.5, 0.6) is 0 Å². The highest BCUT2D eigenvalue weighted by Crippen LogP contribution is 2.42. The number of rotatable bonds is 16. The number of nitrogens with one attached hydrogen (secondary N) is 3. The van der Waals surface area contributed by atoms with Gasteiger partial charge in [-0.15, -0.1) is 0 Å². The molecule has 0 aliphatic carbocycles. The number of primary amides is 1. The lowest BCUT2D eigenvalue weighted by Crippen LogP contribution is -2.61. The number of Topliss-reactive ketones (excluding diaryl/α,β-unsaturated/α-hetero) is 3. The van der Waals surface area contributed by atoms with E-state index in [9.17, 15) is 19.2 Å². The standard InChI is InChI=1S/C23H46N4O4Si/c1-14(2)22(17(6)28)26-12-19(29)16(5)25-13-20(30)18(11-21(24)31)27-32(9,10)23(7,8)15(3)4/h14-16,18,22,25-27H,11-13H2,1-10H3,(H2,24,31)/t16-,18-,22-/m0/s1. The molecule has 0 aliphatic heterocycles. The lowest BCUT2D eigenvalue weighted by atomic mass is 9.99. The maximum atomic E-state index is 12.9. The molecule has 0 aromatic rings. The molecular formula is C23H46N4O4Si. The van der Waals surface area contributed by atoms with Gasteiger partial charge in [-0.3, -0.25) is 19.2 Å². The molecule has 3 atom stereocenters. The molecule has 1 amide bonds. The SMILES string of the molecule is CC(=O)[C@@H](NCC(=O)[C@H](C)NCC(=O)[C@H](CC(N)=O)N[Si](C)(C)C(C)(C)C(C)C)C(C)C. The van der Waals surface area contributed by atoms with Crippen molar-refractivity contribution in [2.24, 2.45) is 17.6 Å². The van der Waals surface area contributed by atoms with E-state index in [1.807, 2.05) is 13.8 Å². The van der Waals surface area contributed by atoms with E-state index in [2.05, 4.69) is 56.4 Å². The third-order valence-corrected chi connectivity index (χ3v) is 11.9. The summed E-state index contributed by atoms with van der Waals surface area (Å²) in [6.07, 6.45) is -0.0797. The molecule has 0 aromatic carbocycles. The molecule has 0 bridgehead atoms. The summed E-state index contributed by atoms with van der Waals surface area (Å²) in [4.78, 5) is 52.2. The average Bonchev–Trinajstić information content (AvgIpc) is 2.63. The molecule has 0 radical (unpaired) electrons. The predicted octanol–water partition coefficient (Wildman–Crippen LogP) is 1.78. The Bertz CT molecular complexity index is 677. The van der Waals surface area contributed by atoms with E-state index in [0.717, 1.165) is 0 Å². The first kappa shape index (κ1) is 30.6. The fourth-order valence-electron chi connectivity index (χ4n) is 3.49. The van der Waals surface area contributed by atoms with Crippen LogP contribution in [-0.2, 0) is 19.2 Å². The first-order valence-electron chi connectivity index (χ1n) is 11.5. The number of ketones is 3. The Labute approximate surface area is 195 Å². The van der Waals surface area contributed by atoms with Crippen molar-refractivity contribution < 1.29 is 19.2 Å². The normalized spacial score (nSPS) is 15.5. The second kappa shape index (κ2) is 12.7. The first-order valence-corrected chi connectivity index (χ1v) is 14.5. The van der Waals surface area contributed by atoms with Gasteiger partial charge in [0.1, 0.15) is 14.0 Å². The summed E-state index contributed by atoms with van der Waals surface area (Å²) in [5.41, 5.74) is 5.41. The van der Waals surface area contributed by atoms with Crippen molar-refractivity contribution in [3.05, 3.63) is 0 Å². The van der Waals surface area contributed by atoms with Crippen LogP contribution < -0.4 is 21.3 Å². The monoisotopic (exact) mass is 470 g/mol. The Balaban J connectivity index is 5.08. The van der Waals surface area contributed by atoms with Crippen LogP contribution in [0.25, 0.3) is 0 Å². The quantitative estimate of drug-likeness (QED) is 0.253. The van der Waals surface area contributed by atoms with Crippen molar-refractivity contribution in [2.75, 3.05) is 13.1 Å². The van der Waals surface area contributed by atoms with Crippen LogP contribution in [0.3, 0.4) is 0 Å². The van der Waals surface area contributed by atoms with Crippen molar-refractivity contribution in [3.8, 4) is 0 Å². The van der Waals surface area contributed by atoms with E-state index in [4.69, 9.17) is 5.73 Å². The van der Waals surface area contributed by atoms with Crippen LogP contribution in [0.4, 0.5) is 0 Å². The zero-order chi connectivity index (χ0) is 25.4. The molecule has 0 spiro atoms. The fraction of sp³-hybridized carbons (Fsp3) is 0.826. The zero-order valence-corrected chi connectivity index (χ0v) is 22.7. The van der Waals surface area contributed by atoms with Gasteiger partial charge in [-0.1, -0.05) is 54.6 Å². The van der Waals surface area contributed by atoms with Crippen molar-refractivity contribution in [3.63, 3.8) is 0 Å². The topological polar surface area (TPSA) is 130 Å². The molecule has 0 saturated carbocycles. The number of hydrogen-bond acceptors (Lipinski definition) is 7. The van der Waals surface area contributed by atoms with Gasteiger partial charge in [0.25, 0.3) is 0 Å². The maximum Gasteiger partial charge on any atom is 0.219 e. The van der Waals surface area contributed by atoms with E-state index >= 15 is 0 Å². The number of hydrogen-bond donors (Lipinski definition) is 4. The maximum absolute atomic E-state index is 12.9. The van der Waals surface area contributed by atoms with Gasteiger partial charge in [0.2, 0.25) is 5.91 Å². The van der Waals surface area contributed by atoms with Crippen LogP contribution in [0.2, 0.25) is 18.1 Å². The molecule has 0 heterocycles. The minimum atomic E-state index is -2.13. The Morgan fingerprint density at radius 1 is 0.906 bits per heavy atom. The molecular weight excluding hydrogens is 424 g/mol. The molecule has 32 heavy (non-hydrogen) atoms. The van der Waals surface area contributed by atoms with E-state index in [1.165, 1.54) is 6.92 Å². The van der Waals surface area contributed by atoms with Crippen molar-refractivity contribution in [2.45, 2.75) is 98.1 Å². The third kappa shape index (κ3) is 9.21. The second-order valence-corrected chi connectivity index (χ2v) is 15.4. The van der Waals surface area contributed by atoms with Crippen LogP contribution in [0.15, 0.2) is 0 Å². The Morgan fingerprint density at radius 3 is 1.81 bits per heavy atom. The molecule has 0 unspecified atom stereocenters. The number of carbonyl (C=O) groups is 4. The average molecular weight is 471 g/mol. The second-order valence-electron chi connectivity index (χ2n) is 10.6. The van der Waals surface area contributed by atoms with E-state index in [1.54, 1.807) is 6.92 Å². The van der Waals surface area contributed by atoms with E-state index < -0.39 is 26.2 Å². The third-order valence-electron chi connectivity index (χ3n) is 7.05. The molecule has 0 aliphatic rings. The Kier molecular flexibility index (Phi) is 12.2. The molecule has 186 valence electrons. The van der Waals surface area contributed by atoms with E-state index in [-0.39, 0.29) is 53.9 Å². The Hall–Kier alpha value is -1.42. The van der Waals surface area contributed by atoms with Crippen molar-refractivity contribution >= 4 is 31.5 Å². The van der Waals surface area contributed by atoms with E-state index in [0.29, 0.717) is 5.92 Å². The molecule has 0 fully saturated rings. The highest BCUT2D eigenvalue weighted by Gasteiger charge is 2.43. The van der Waals surface area contributed by atoms with Gasteiger partial charge in [-0.05, 0) is 30.7 Å². The largest absolute Gasteiger partial charge is 0.370 e. The van der Waals surface area contributed by atoms with Gasteiger partial charge in [0, 0.05) is 6.42 Å². The smallest absolute Gasteiger partial charge is 0.219 e. The molecule has 8 nitrogen and oxygen atoms in total. The van der Waals surface area contributed by atoms with Crippen LogP contribution in [0.1, 0.15) is 61.8 Å². The lowest BCUT2D eigenvalue weighted by molar-refractivity contribution is -0.125. The first-order chi connectivity index (χ1) is 14.4. The minimum Gasteiger partial charge on any atom is -0.370 e. The summed E-state index contributed by atoms with van der Waals surface area (Å²) in [5, 5.41) is 5.95. The van der Waals surface area contributed by atoms with Gasteiger partial charge < -0.3 is 21.3 Å². The summed E-state index contributed by atoms with van der Waals surface area (Å²) < 4.78 is 0. The van der Waals surface area contributed by atoms with Gasteiger partial charge in [-0.25, -0.2) is 0 Å². The van der Waals surface area contributed by atoms with Crippen LogP contribution >= 0.6 is 0 Å². The highest BCUT2D eigenvalue weighted by molar-refractivity contribution is 6.78.